The summed E-state index contributed by atoms with van der Waals surface area (Å²) in [7, 11) is 0. The van der Waals surface area contributed by atoms with Crippen LogP contribution in [0.15, 0.2) is 24.3 Å². The standard InChI is InChI=1S/C12H12FNO3S/c1-7(15)14-10(12(16)17)6-18-11(14)8-3-2-4-9(13)5-8/h2-5,10-11H,6H2,1H3,(H,16,17). The van der Waals surface area contributed by atoms with Crippen LogP contribution in [0.4, 0.5) is 4.39 Å². The summed E-state index contributed by atoms with van der Waals surface area (Å²) < 4.78 is 13.2. The Kier molecular flexibility index (Phi) is 3.56. The van der Waals surface area contributed by atoms with Crippen LogP contribution in [0.25, 0.3) is 0 Å². The number of rotatable bonds is 2. The largest absolute Gasteiger partial charge is 0.480 e. The topological polar surface area (TPSA) is 57.6 Å². The quantitative estimate of drug-likeness (QED) is 0.890. The average molecular weight is 269 g/mol. The van der Waals surface area contributed by atoms with Gasteiger partial charge in [0, 0.05) is 12.7 Å². The van der Waals surface area contributed by atoms with Crippen molar-refractivity contribution < 1.29 is 19.1 Å². The highest BCUT2D eigenvalue weighted by Crippen LogP contribution is 2.41. The zero-order chi connectivity index (χ0) is 13.3. The predicted octanol–water partition coefficient (Wildman–Crippen LogP) is 1.87. The first kappa shape index (κ1) is 12.9. The van der Waals surface area contributed by atoms with Gasteiger partial charge in [0.15, 0.2) is 0 Å². The minimum absolute atomic E-state index is 0.316. The second-order valence-electron chi connectivity index (χ2n) is 4.02. The van der Waals surface area contributed by atoms with E-state index < -0.39 is 23.2 Å². The number of hydrogen-bond acceptors (Lipinski definition) is 3. The third kappa shape index (κ3) is 2.33. The van der Waals surface area contributed by atoms with Crippen molar-refractivity contribution >= 4 is 23.6 Å². The van der Waals surface area contributed by atoms with Crippen LogP contribution < -0.4 is 0 Å². The molecule has 0 aromatic heterocycles. The third-order valence-corrected chi connectivity index (χ3v) is 4.11. The lowest BCUT2D eigenvalue weighted by atomic mass is 10.1. The highest BCUT2D eigenvalue weighted by Gasteiger charge is 2.40. The number of carbonyl (C=O) groups is 2. The molecule has 0 radical (unpaired) electrons. The van der Waals surface area contributed by atoms with Crippen molar-refractivity contribution in [2.45, 2.75) is 18.3 Å². The van der Waals surface area contributed by atoms with E-state index in [1.54, 1.807) is 12.1 Å². The van der Waals surface area contributed by atoms with Crippen LogP contribution in [0.5, 0.6) is 0 Å². The lowest BCUT2D eigenvalue weighted by molar-refractivity contribution is -0.148. The van der Waals surface area contributed by atoms with Crippen molar-refractivity contribution in [1.82, 2.24) is 4.90 Å². The van der Waals surface area contributed by atoms with Crippen LogP contribution in [0.2, 0.25) is 0 Å². The summed E-state index contributed by atoms with van der Waals surface area (Å²) in [4.78, 5) is 24.0. The molecular weight excluding hydrogens is 257 g/mol. The Morgan fingerprint density at radius 2 is 2.22 bits per heavy atom. The van der Waals surface area contributed by atoms with Gasteiger partial charge < -0.3 is 10.0 Å². The molecule has 1 saturated heterocycles. The van der Waals surface area contributed by atoms with E-state index in [-0.39, 0.29) is 5.91 Å². The Bertz CT molecular complexity index is 494. The molecule has 1 N–H and O–H groups in total. The normalized spacial score (nSPS) is 23.1. The van der Waals surface area contributed by atoms with Gasteiger partial charge in [-0.25, -0.2) is 9.18 Å². The first-order chi connectivity index (χ1) is 8.50. The molecule has 0 bridgehead atoms. The number of aliphatic carboxylic acids is 1. The Labute approximate surface area is 108 Å². The van der Waals surface area contributed by atoms with Gasteiger partial charge >= 0.3 is 5.97 Å². The molecule has 0 spiro atoms. The maximum Gasteiger partial charge on any atom is 0.327 e. The molecule has 1 amide bonds. The molecule has 4 nitrogen and oxygen atoms in total. The monoisotopic (exact) mass is 269 g/mol. The number of nitrogens with zero attached hydrogens (tertiary/aromatic N) is 1. The summed E-state index contributed by atoms with van der Waals surface area (Å²) >= 11 is 1.33. The van der Waals surface area contributed by atoms with Crippen LogP contribution in [0, 0.1) is 5.82 Å². The molecule has 1 heterocycles. The zero-order valence-electron chi connectivity index (χ0n) is 9.67. The predicted molar refractivity (Wildman–Crippen MR) is 65.5 cm³/mol. The van der Waals surface area contributed by atoms with Crippen LogP contribution in [-0.2, 0) is 9.59 Å². The first-order valence-electron chi connectivity index (χ1n) is 5.39. The average Bonchev–Trinajstić information content (AvgIpc) is 2.73. The highest BCUT2D eigenvalue weighted by molar-refractivity contribution is 7.99. The van der Waals surface area contributed by atoms with Crippen LogP contribution >= 0.6 is 11.8 Å². The summed E-state index contributed by atoms with van der Waals surface area (Å²) in [6.45, 7) is 1.33. The van der Waals surface area contributed by atoms with E-state index in [9.17, 15) is 14.0 Å². The molecule has 2 unspecified atom stereocenters. The second kappa shape index (κ2) is 4.97. The number of hydrogen-bond donors (Lipinski definition) is 1. The number of benzene rings is 1. The van der Waals surface area contributed by atoms with Gasteiger partial charge in [0.05, 0.1) is 0 Å². The highest BCUT2D eigenvalue weighted by atomic mass is 32.2. The van der Waals surface area contributed by atoms with Gasteiger partial charge in [-0.05, 0) is 17.7 Å². The van der Waals surface area contributed by atoms with E-state index >= 15 is 0 Å². The maximum atomic E-state index is 13.2. The van der Waals surface area contributed by atoms with Crippen molar-refractivity contribution in [3.8, 4) is 0 Å². The van der Waals surface area contributed by atoms with Gasteiger partial charge in [-0.3, -0.25) is 4.79 Å². The van der Waals surface area contributed by atoms with Gasteiger partial charge in [-0.1, -0.05) is 12.1 Å². The second-order valence-corrected chi connectivity index (χ2v) is 5.13. The van der Waals surface area contributed by atoms with Crippen molar-refractivity contribution in [1.29, 1.82) is 0 Å². The van der Waals surface area contributed by atoms with Crippen molar-refractivity contribution in [2.75, 3.05) is 5.75 Å². The summed E-state index contributed by atoms with van der Waals surface area (Å²) in [5.41, 5.74) is 0.610. The Balaban J connectivity index is 2.33. The minimum Gasteiger partial charge on any atom is -0.480 e. The molecule has 1 aromatic carbocycles. The zero-order valence-corrected chi connectivity index (χ0v) is 10.5. The van der Waals surface area contributed by atoms with Crippen LogP contribution in [-0.4, -0.2) is 33.7 Å². The molecule has 0 saturated carbocycles. The number of carbonyl (C=O) groups excluding carboxylic acids is 1. The van der Waals surface area contributed by atoms with Crippen molar-refractivity contribution in [2.24, 2.45) is 0 Å². The number of thioether (sulfide) groups is 1. The molecule has 2 rings (SSSR count). The van der Waals surface area contributed by atoms with E-state index in [1.165, 1.54) is 35.7 Å². The SMILES string of the molecule is CC(=O)N1C(C(=O)O)CSC1c1cccc(F)c1. The third-order valence-electron chi connectivity index (χ3n) is 2.78. The fourth-order valence-corrected chi connectivity index (χ4v) is 3.46. The van der Waals surface area contributed by atoms with E-state index in [0.29, 0.717) is 11.3 Å². The summed E-state index contributed by atoms with van der Waals surface area (Å²) in [5, 5.41) is 8.64. The summed E-state index contributed by atoms with van der Waals surface area (Å²) in [5.74, 6) is -1.43. The van der Waals surface area contributed by atoms with Gasteiger partial charge in [-0.2, -0.15) is 0 Å². The fourth-order valence-electron chi connectivity index (χ4n) is 2.00. The number of carboxylic acids is 1. The molecule has 2 atom stereocenters. The van der Waals surface area contributed by atoms with Crippen LogP contribution in [0.1, 0.15) is 17.9 Å². The molecule has 0 aliphatic carbocycles. The fraction of sp³-hybridized carbons (Fsp3) is 0.333. The van der Waals surface area contributed by atoms with E-state index in [4.69, 9.17) is 5.11 Å². The smallest absolute Gasteiger partial charge is 0.327 e. The Hall–Kier alpha value is -1.56. The first-order valence-corrected chi connectivity index (χ1v) is 6.44. The van der Waals surface area contributed by atoms with E-state index in [2.05, 4.69) is 0 Å². The molecule has 18 heavy (non-hydrogen) atoms. The summed E-state index contributed by atoms with van der Waals surface area (Å²) in [6.07, 6.45) is 0. The molecule has 6 heteroatoms. The van der Waals surface area contributed by atoms with Gasteiger partial charge in [0.1, 0.15) is 17.2 Å². The molecule has 1 aromatic rings. The molecular formula is C12H12FNO3S. The molecule has 1 aliphatic heterocycles. The Morgan fingerprint density at radius 3 is 2.78 bits per heavy atom. The molecule has 96 valence electrons. The van der Waals surface area contributed by atoms with Gasteiger partial charge in [0.25, 0.3) is 0 Å². The number of carboxylic acid groups (broad SMARTS) is 1. The minimum atomic E-state index is -1.03. The van der Waals surface area contributed by atoms with E-state index in [1.807, 2.05) is 0 Å². The lowest BCUT2D eigenvalue weighted by Gasteiger charge is -2.26. The molecule has 1 fully saturated rings. The summed E-state index contributed by atoms with van der Waals surface area (Å²) in [6, 6.07) is 5.05. The van der Waals surface area contributed by atoms with Gasteiger partial charge in [-0.15, -0.1) is 11.8 Å². The molecule has 1 aliphatic rings. The van der Waals surface area contributed by atoms with Crippen LogP contribution in [0.3, 0.4) is 0 Å². The van der Waals surface area contributed by atoms with Crippen molar-refractivity contribution in [3.63, 3.8) is 0 Å². The van der Waals surface area contributed by atoms with E-state index in [0.717, 1.165) is 0 Å². The Morgan fingerprint density at radius 1 is 1.50 bits per heavy atom. The number of amides is 1. The maximum absolute atomic E-state index is 13.2. The lowest BCUT2D eigenvalue weighted by Crippen LogP contribution is -2.41. The van der Waals surface area contributed by atoms with Crippen molar-refractivity contribution in [3.05, 3.63) is 35.6 Å². The number of halogens is 1. The van der Waals surface area contributed by atoms with Gasteiger partial charge in [0.2, 0.25) is 5.91 Å².